The van der Waals surface area contributed by atoms with Gasteiger partial charge in [0.05, 0.1) is 11.9 Å². The van der Waals surface area contributed by atoms with Gasteiger partial charge in [0.1, 0.15) is 5.82 Å². The molecule has 7 heteroatoms. The molecule has 0 radical (unpaired) electrons. The Hall–Kier alpha value is -3.48. The van der Waals surface area contributed by atoms with Gasteiger partial charge in [-0.1, -0.05) is 30.3 Å². The summed E-state index contributed by atoms with van der Waals surface area (Å²) in [7, 11) is 1.67. The number of carbonyl (C=O) groups is 2. The van der Waals surface area contributed by atoms with Crippen LogP contribution in [0.1, 0.15) is 22.5 Å². The lowest BCUT2D eigenvalue weighted by Crippen LogP contribution is -2.14. The zero-order chi connectivity index (χ0) is 18.4. The third-order valence-corrected chi connectivity index (χ3v) is 3.78. The Kier molecular flexibility index (Phi) is 5.38. The molecular weight excluding hydrogens is 330 g/mol. The van der Waals surface area contributed by atoms with E-state index in [1.807, 2.05) is 30.3 Å². The second-order valence-corrected chi connectivity index (χ2v) is 5.77. The fraction of sp³-hybridized carbons (Fsp3) is 0.158. The lowest BCUT2D eigenvalue weighted by molar-refractivity contribution is -0.116. The number of rotatable bonds is 6. The molecule has 2 N–H and O–H groups in total. The summed E-state index contributed by atoms with van der Waals surface area (Å²) in [6, 6.07) is 14.8. The quantitative estimate of drug-likeness (QED) is 0.716. The zero-order valence-electron chi connectivity index (χ0n) is 14.3. The highest BCUT2D eigenvalue weighted by atomic mass is 16.2. The minimum atomic E-state index is -0.363. The van der Waals surface area contributed by atoms with Crippen molar-refractivity contribution in [3.8, 4) is 0 Å². The fourth-order valence-electron chi connectivity index (χ4n) is 2.43. The molecule has 3 aromatic rings. The van der Waals surface area contributed by atoms with Gasteiger partial charge in [-0.25, -0.2) is 0 Å². The molecule has 0 aliphatic heterocycles. The molecular formula is C19H19N5O2. The largest absolute Gasteiger partial charge is 0.319 e. The molecule has 3 rings (SSSR count). The van der Waals surface area contributed by atoms with Crippen LogP contribution < -0.4 is 10.6 Å². The first-order valence-electron chi connectivity index (χ1n) is 8.21. The summed E-state index contributed by atoms with van der Waals surface area (Å²) in [5, 5.41) is 9.65. The van der Waals surface area contributed by atoms with Crippen molar-refractivity contribution < 1.29 is 9.59 Å². The van der Waals surface area contributed by atoms with Gasteiger partial charge < -0.3 is 10.6 Å². The molecule has 0 fully saturated rings. The van der Waals surface area contributed by atoms with E-state index in [0.29, 0.717) is 24.3 Å². The number of benzene rings is 1. The number of nitrogens with zero attached hydrogens (tertiary/aromatic N) is 3. The Bertz CT molecular complexity index is 891. The van der Waals surface area contributed by atoms with Crippen LogP contribution in [-0.2, 0) is 18.3 Å². The monoisotopic (exact) mass is 349 g/mol. The summed E-state index contributed by atoms with van der Waals surface area (Å²) in [5.41, 5.74) is 1.90. The van der Waals surface area contributed by atoms with E-state index in [-0.39, 0.29) is 17.5 Å². The Labute approximate surface area is 151 Å². The van der Waals surface area contributed by atoms with Gasteiger partial charge in [0.2, 0.25) is 5.91 Å². The van der Waals surface area contributed by atoms with Crippen LogP contribution in [0.4, 0.5) is 11.5 Å². The number of pyridine rings is 1. The smallest absolute Gasteiger partial charge is 0.276 e. The summed E-state index contributed by atoms with van der Waals surface area (Å²) >= 11 is 0. The number of anilines is 2. The summed E-state index contributed by atoms with van der Waals surface area (Å²) in [6.07, 6.45) is 4.18. The molecule has 0 bridgehead atoms. The molecule has 26 heavy (non-hydrogen) atoms. The molecule has 0 aliphatic carbocycles. The number of aryl methyl sites for hydroxylation is 2. The fourth-order valence-corrected chi connectivity index (χ4v) is 2.43. The predicted octanol–water partition coefficient (Wildman–Crippen LogP) is 2.64. The first-order valence-corrected chi connectivity index (χ1v) is 8.21. The van der Waals surface area contributed by atoms with Crippen LogP contribution in [0.2, 0.25) is 0 Å². The summed E-state index contributed by atoms with van der Waals surface area (Å²) in [5.74, 6) is -0.0196. The van der Waals surface area contributed by atoms with Gasteiger partial charge in [-0.2, -0.15) is 5.10 Å². The van der Waals surface area contributed by atoms with E-state index in [1.165, 1.54) is 4.68 Å². The maximum atomic E-state index is 12.2. The summed E-state index contributed by atoms with van der Waals surface area (Å²) in [6.45, 7) is 0. The van der Waals surface area contributed by atoms with E-state index in [4.69, 9.17) is 0 Å². The second-order valence-electron chi connectivity index (χ2n) is 5.77. The molecule has 2 amide bonds. The van der Waals surface area contributed by atoms with Crippen LogP contribution in [0, 0.1) is 0 Å². The van der Waals surface area contributed by atoms with E-state index >= 15 is 0 Å². The normalized spacial score (nSPS) is 10.3. The standard InChI is InChI=1S/C19H19N5O2/c1-24-17(22-18(25)10-9-14-6-3-2-4-7-14)12-16(23-24)19(26)21-15-8-5-11-20-13-15/h2-8,11-13H,9-10H2,1H3,(H,21,26)(H,22,25). The average molecular weight is 349 g/mol. The number of hydrogen-bond acceptors (Lipinski definition) is 4. The highest BCUT2D eigenvalue weighted by Crippen LogP contribution is 2.13. The van der Waals surface area contributed by atoms with Gasteiger partial charge in [-0.15, -0.1) is 0 Å². The molecule has 0 saturated carbocycles. The topological polar surface area (TPSA) is 88.9 Å². The van der Waals surface area contributed by atoms with Gasteiger partial charge in [-0.05, 0) is 24.1 Å². The van der Waals surface area contributed by atoms with Crippen molar-refractivity contribution in [2.24, 2.45) is 7.05 Å². The van der Waals surface area contributed by atoms with Crippen LogP contribution >= 0.6 is 0 Å². The molecule has 2 heterocycles. The predicted molar refractivity (Wildman–Crippen MR) is 98.8 cm³/mol. The molecule has 0 atom stereocenters. The second kappa shape index (κ2) is 8.06. The van der Waals surface area contributed by atoms with Gasteiger partial charge in [0.25, 0.3) is 5.91 Å². The number of nitrogens with one attached hydrogen (secondary N) is 2. The summed E-state index contributed by atoms with van der Waals surface area (Å²) < 4.78 is 1.47. The van der Waals surface area contributed by atoms with Crippen molar-refractivity contribution in [2.45, 2.75) is 12.8 Å². The number of amides is 2. The van der Waals surface area contributed by atoms with Gasteiger partial charge in [0.15, 0.2) is 5.69 Å². The number of hydrogen-bond donors (Lipinski definition) is 2. The van der Waals surface area contributed by atoms with Crippen LogP contribution in [0.5, 0.6) is 0 Å². The molecule has 0 saturated heterocycles. The Morgan fingerprint density at radius 2 is 1.88 bits per heavy atom. The van der Waals surface area contributed by atoms with Crippen LogP contribution in [0.3, 0.4) is 0 Å². The molecule has 0 unspecified atom stereocenters. The highest BCUT2D eigenvalue weighted by molar-refractivity contribution is 6.03. The Morgan fingerprint density at radius 3 is 2.62 bits per heavy atom. The van der Waals surface area contributed by atoms with Crippen molar-refractivity contribution in [3.63, 3.8) is 0 Å². The molecule has 1 aromatic carbocycles. The van der Waals surface area contributed by atoms with Gasteiger partial charge in [-0.3, -0.25) is 19.3 Å². The zero-order valence-corrected chi connectivity index (χ0v) is 14.3. The first-order chi connectivity index (χ1) is 12.6. The van der Waals surface area contributed by atoms with Gasteiger partial charge in [0, 0.05) is 25.7 Å². The maximum Gasteiger partial charge on any atom is 0.276 e. The van der Waals surface area contributed by atoms with Crippen molar-refractivity contribution >= 4 is 23.3 Å². The van der Waals surface area contributed by atoms with Gasteiger partial charge >= 0.3 is 0 Å². The van der Waals surface area contributed by atoms with Crippen molar-refractivity contribution in [1.82, 2.24) is 14.8 Å². The van der Waals surface area contributed by atoms with E-state index in [1.54, 1.807) is 37.6 Å². The number of carbonyl (C=O) groups excluding carboxylic acids is 2. The molecule has 7 nitrogen and oxygen atoms in total. The van der Waals surface area contributed by atoms with Crippen molar-refractivity contribution in [2.75, 3.05) is 10.6 Å². The van der Waals surface area contributed by atoms with E-state index in [9.17, 15) is 9.59 Å². The maximum absolute atomic E-state index is 12.2. The molecule has 0 spiro atoms. The molecule has 0 aliphatic rings. The van der Waals surface area contributed by atoms with Crippen LogP contribution in [0.15, 0.2) is 60.9 Å². The minimum Gasteiger partial charge on any atom is -0.319 e. The Morgan fingerprint density at radius 1 is 1.08 bits per heavy atom. The minimum absolute atomic E-state index is 0.129. The third kappa shape index (κ3) is 4.54. The van der Waals surface area contributed by atoms with Crippen LogP contribution in [0.25, 0.3) is 0 Å². The SMILES string of the molecule is Cn1nc(C(=O)Nc2cccnc2)cc1NC(=O)CCc1ccccc1. The van der Waals surface area contributed by atoms with E-state index in [2.05, 4.69) is 20.7 Å². The van der Waals surface area contributed by atoms with Crippen molar-refractivity contribution in [3.05, 3.63) is 72.2 Å². The van der Waals surface area contributed by atoms with Crippen molar-refractivity contribution in [1.29, 1.82) is 0 Å². The summed E-state index contributed by atoms with van der Waals surface area (Å²) in [4.78, 5) is 28.3. The highest BCUT2D eigenvalue weighted by Gasteiger charge is 2.14. The van der Waals surface area contributed by atoms with Crippen LogP contribution in [-0.4, -0.2) is 26.6 Å². The average Bonchev–Trinajstić information content (AvgIpc) is 3.02. The number of aromatic nitrogens is 3. The lowest BCUT2D eigenvalue weighted by atomic mass is 10.1. The van der Waals surface area contributed by atoms with E-state index in [0.717, 1.165) is 5.56 Å². The Balaban J connectivity index is 1.59. The molecule has 2 aromatic heterocycles. The lowest BCUT2D eigenvalue weighted by Gasteiger charge is -2.05. The molecule has 132 valence electrons. The van der Waals surface area contributed by atoms with E-state index < -0.39 is 0 Å². The first kappa shape index (κ1) is 17.3. The third-order valence-electron chi connectivity index (χ3n) is 3.78.